The SMILES string of the molecule is O=C1CCC(=O)N(C2CCCC(=O)N2)C1. The molecule has 15 heavy (non-hydrogen) atoms. The van der Waals surface area contributed by atoms with Gasteiger partial charge in [-0.3, -0.25) is 14.4 Å². The topological polar surface area (TPSA) is 66.5 Å². The van der Waals surface area contributed by atoms with Crippen molar-refractivity contribution in [1.82, 2.24) is 10.2 Å². The summed E-state index contributed by atoms with van der Waals surface area (Å²) in [5.41, 5.74) is 0. The van der Waals surface area contributed by atoms with E-state index in [1.807, 2.05) is 0 Å². The number of nitrogens with zero attached hydrogens (tertiary/aromatic N) is 1. The van der Waals surface area contributed by atoms with Gasteiger partial charge in [-0.25, -0.2) is 0 Å². The van der Waals surface area contributed by atoms with Gasteiger partial charge in [-0.1, -0.05) is 0 Å². The fourth-order valence-corrected chi connectivity index (χ4v) is 2.05. The highest BCUT2D eigenvalue weighted by Gasteiger charge is 2.32. The van der Waals surface area contributed by atoms with Crippen LogP contribution in [0.5, 0.6) is 0 Å². The molecule has 2 aliphatic heterocycles. The third-order valence-electron chi connectivity index (χ3n) is 2.87. The van der Waals surface area contributed by atoms with Crippen molar-refractivity contribution >= 4 is 17.6 Å². The Balaban J connectivity index is 2.04. The van der Waals surface area contributed by atoms with Crippen molar-refractivity contribution < 1.29 is 14.4 Å². The fraction of sp³-hybridized carbons (Fsp3) is 0.700. The molecule has 2 heterocycles. The number of carbonyl (C=O) groups is 3. The van der Waals surface area contributed by atoms with Gasteiger partial charge < -0.3 is 10.2 Å². The molecular formula is C10H14N2O3. The molecule has 0 aromatic carbocycles. The summed E-state index contributed by atoms with van der Waals surface area (Å²) in [7, 11) is 0. The van der Waals surface area contributed by atoms with Crippen LogP contribution in [0.2, 0.25) is 0 Å². The van der Waals surface area contributed by atoms with Crippen molar-refractivity contribution in [3.63, 3.8) is 0 Å². The summed E-state index contributed by atoms with van der Waals surface area (Å²) >= 11 is 0. The molecule has 2 aliphatic rings. The minimum absolute atomic E-state index is 0.0261. The summed E-state index contributed by atoms with van der Waals surface area (Å²) in [6.07, 6.45) is 2.43. The molecule has 1 atom stereocenters. The van der Waals surface area contributed by atoms with Crippen LogP contribution in [0, 0.1) is 0 Å². The first-order valence-electron chi connectivity index (χ1n) is 5.27. The van der Waals surface area contributed by atoms with Crippen LogP contribution in [-0.2, 0) is 14.4 Å². The minimum Gasteiger partial charge on any atom is -0.336 e. The molecule has 0 aromatic heterocycles. The summed E-state index contributed by atoms with van der Waals surface area (Å²) in [4.78, 5) is 35.5. The van der Waals surface area contributed by atoms with Gasteiger partial charge >= 0.3 is 0 Å². The Morgan fingerprint density at radius 1 is 1.13 bits per heavy atom. The van der Waals surface area contributed by atoms with E-state index in [0.717, 1.165) is 12.8 Å². The molecular weight excluding hydrogens is 196 g/mol. The Kier molecular flexibility index (Phi) is 2.70. The molecule has 2 rings (SSSR count). The van der Waals surface area contributed by atoms with Crippen LogP contribution in [0.25, 0.3) is 0 Å². The number of carbonyl (C=O) groups excluding carboxylic acids is 3. The Hall–Kier alpha value is -1.39. The van der Waals surface area contributed by atoms with Crippen LogP contribution in [0.4, 0.5) is 0 Å². The Morgan fingerprint density at radius 2 is 1.93 bits per heavy atom. The highest BCUT2D eigenvalue weighted by molar-refractivity contribution is 5.93. The number of hydrogen-bond donors (Lipinski definition) is 1. The zero-order valence-corrected chi connectivity index (χ0v) is 8.49. The summed E-state index contributed by atoms with van der Waals surface area (Å²) in [6, 6.07) is 0. The zero-order valence-electron chi connectivity index (χ0n) is 8.49. The van der Waals surface area contributed by atoms with E-state index in [9.17, 15) is 14.4 Å². The largest absolute Gasteiger partial charge is 0.336 e. The molecule has 2 fully saturated rings. The molecule has 0 bridgehead atoms. The van der Waals surface area contributed by atoms with Crippen LogP contribution in [0.3, 0.4) is 0 Å². The summed E-state index contributed by atoms with van der Waals surface area (Å²) in [5, 5.41) is 2.75. The second kappa shape index (κ2) is 4.00. The fourth-order valence-electron chi connectivity index (χ4n) is 2.05. The van der Waals surface area contributed by atoms with Crippen molar-refractivity contribution in [2.75, 3.05) is 6.54 Å². The summed E-state index contributed by atoms with van der Waals surface area (Å²) < 4.78 is 0. The molecule has 82 valence electrons. The first kappa shape index (κ1) is 10.1. The second-order valence-electron chi connectivity index (χ2n) is 4.04. The molecule has 5 heteroatoms. The molecule has 0 spiro atoms. The van der Waals surface area contributed by atoms with Crippen LogP contribution in [-0.4, -0.2) is 35.2 Å². The normalized spacial score (nSPS) is 27.9. The Bertz CT molecular complexity index is 314. The van der Waals surface area contributed by atoms with E-state index >= 15 is 0 Å². The predicted octanol–water partition coefficient (Wildman–Crippen LogP) is -0.196. The van der Waals surface area contributed by atoms with Gasteiger partial charge in [0.15, 0.2) is 5.78 Å². The van der Waals surface area contributed by atoms with Crippen molar-refractivity contribution in [2.45, 2.75) is 38.3 Å². The van der Waals surface area contributed by atoms with Crippen LogP contribution < -0.4 is 5.32 Å². The second-order valence-corrected chi connectivity index (χ2v) is 4.04. The summed E-state index contributed by atoms with van der Waals surface area (Å²) in [6.45, 7) is 0.157. The van der Waals surface area contributed by atoms with Gasteiger partial charge in [0.2, 0.25) is 11.8 Å². The number of rotatable bonds is 1. The van der Waals surface area contributed by atoms with Crippen LogP contribution in [0.15, 0.2) is 0 Å². The maximum atomic E-state index is 11.6. The van der Waals surface area contributed by atoms with E-state index in [1.165, 1.54) is 4.90 Å². The van der Waals surface area contributed by atoms with E-state index in [0.29, 0.717) is 12.8 Å². The van der Waals surface area contributed by atoms with Gasteiger partial charge in [0, 0.05) is 19.3 Å². The number of piperidine rings is 2. The Morgan fingerprint density at radius 3 is 2.67 bits per heavy atom. The lowest BCUT2D eigenvalue weighted by atomic mass is 10.0. The maximum Gasteiger partial charge on any atom is 0.225 e. The van der Waals surface area contributed by atoms with Gasteiger partial charge in [-0.2, -0.15) is 0 Å². The van der Waals surface area contributed by atoms with E-state index in [2.05, 4.69) is 5.32 Å². The average molecular weight is 210 g/mol. The van der Waals surface area contributed by atoms with Gasteiger partial charge in [-0.05, 0) is 12.8 Å². The predicted molar refractivity (Wildman–Crippen MR) is 51.7 cm³/mol. The molecule has 0 aliphatic carbocycles. The monoisotopic (exact) mass is 210 g/mol. The quantitative estimate of drug-likeness (QED) is 0.652. The number of likely N-dealkylation sites (tertiary alicyclic amines) is 1. The van der Waals surface area contributed by atoms with Gasteiger partial charge in [0.25, 0.3) is 0 Å². The lowest BCUT2D eigenvalue weighted by Gasteiger charge is -2.36. The average Bonchev–Trinajstić information content (AvgIpc) is 2.22. The molecule has 0 radical (unpaired) electrons. The number of ketones is 1. The van der Waals surface area contributed by atoms with Crippen molar-refractivity contribution in [3.05, 3.63) is 0 Å². The summed E-state index contributed by atoms with van der Waals surface area (Å²) in [5.74, 6) is 0.0216. The molecule has 2 amide bonds. The first-order chi connectivity index (χ1) is 7.16. The number of hydrogen-bond acceptors (Lipinski definition) is 3. The highest BCUT2D eigenvalue weighted by Crippen LogP contribution is 2.17. The molecule has 0 aromatic rings. The van der Waals surface area contributed by atoms with E-state index < -0.39 is 0 Å². The zero-order chi connectivity index (χ0) is 10.8. The number of Topliss-reactive ketones (excluding diaryl/α,β-unsaturated/α-hetero) is 1. The van der Waals surface area contributed by atoms with Crippen molar-refractivity contribution in [1.29, 1.82) is 0 Å². The molecule has 0 saturated carbocycles. The van der Waals surface area contributed by atoms with E-state index in [4.69, 9.17) is 0 Å². The third-order valence-corrected chi connectivity index (χ3v) is 2.87. The van der Waals surface area contributed by atoms with Crippen molar-refractivity contribution in [2.24, 2.45) is 0 Å². The van der Waals surface area contributed by atoms with Crippen molar-refractivity contribution in [3.8, 4) is 0 Å². The van der Waals surface area contributed by atoms with Gasteiger partial charge in [-0.15, -0.1) is 0 Å². The van der Waals surface area contributed by atoms with E-state index in [1.54, 1.807) is 0 Å². The van der Waals surface area contributed by atoms with Crippen LogP contribution in [0.1, 0.15) is 32.1 Å². The maximum absolute atomic E-state index is 11.6. The lowest BCUT2D eigenvalue weighted by Crippen LogP contribution is -2.55. The highest BCUT2D eigenvalue weighted by atomic mass is 16.2. The number of amides is 2. The molecule has 1 unspecified atom stereocenters. The smallest absolute Gasteiger partial charge is 0.225 e. The van der Waals surface area contributed by atoms with Gasteiger partial charge in [0.1, 0.15) is 6.17 Å². The van der Waals surface area contributed by atoms with Gasteiger partial charge in [0.05, 0.1) is 6.54 Å². The standard InChI is InChI=1S/C10H14N2O3/c13-7-4-5-10(15)12(6-7)8-2-1-3-9(14)11-8/h8H,1-6H2,(H,11,14). The first-order valence-corrected chi connectivity index (χ1v) is 5.27. The number of nitrogens with one attached hydrogen (secondary N) is 1. The molecule has 5 nitrogen and oxygen atoms in total. The molecule has 2 saturated heterocycles. The van der Waals surface area contributed by atoms with E-state index in [-0.39, 0.29) is 36.7 Å². The lowest BCUT2D eigenvalue weighted by molar-refractivity contribution is -0.145. The minimum atomic E-state index is -0.261. The molecule has 1 N–H and O–H groups in total. The van der Waals surface area contributed by atoms with Crippen LogP contribution >= 0.6 is 0 Å². The third kappa shape index (κ3) is 2.16. The Labute approximate surface area is 87.8 Å².